The van der Waals surface area contributed by atoms with E-state index in [4.69, 9.17) is 4.74 Å². The summed E-state index contributed by atoms with van der Waals surface area (Å²) in [4.78, 5) is 31.7. The Hall–Kier alpha value is -2.92. The van der Waals surface area contributed by atoms with Gasteiger partial charge >= 0.3 is 6.09 Å². The summed E-state index contributed by atoms with van der Waals surface area (Å²) in [6.07, 6.45) is -0.591. The molecule has 0 unspecified atom stereocenters. The van der Waals surface area contributed by atoms with Gasteiger partial charge < -0.3 is 15.0 Å². The number of hydrogen-bond acceptors (Lipinski definition) is 6. The first-order valence-corrected chi connectivity index (χ1v) is 14.2. The van der Waals surface area contributed by atoms with Gasteiger partial charge in [-0.15, -0.1) is 0 Å². The van der Waals surface area contributed by atoms with Crippen LogP contribution in [0.4, 0.5) is 14.9 Å². The summed E-state index contributed by atoms with van der Waals surface area (Å²) in [5.74, 6) is -1.42. The number of amidine groups is 1. The van der Waals surface area contributed by atoms with Gasteiger partial charge in [-0.1, -0.05) is 54.2 Å². The van der Waals surface area contributed by atoms with E-state index in [9.17, 15) is 22.4 Å². The van der Waals surface area contributed by atoms with Crippen molar-refractivity contribution in [1.29, 1.82) is 0 Å². The average Bonchev–Trinajstić information content (AvgIpc) is 3.24. The van der Waals surface area contributed by atoms with Crippen LogP contribution in [-0.4, -0.2) is 60.0 Å². The number of halogens is 1. The van der Waals surface area contributed by atoms with E-state index in [2.05, 4.69) is 10.3 Å². The van der Waals surface area contributed by atoms with E-state index >= 15 is 0 Å². The molecule has 2 heterocycles. The maximum Gasteiger partial charge on any atom is 0.408 e. The van der Waals surface area contributed by atoms with Gasteiger partial charge in [-0.25, -0.2) is 17.6 Å². The molecule has 2 amide bonds. The summed E-state index contributed by atoms with van der Waals surface area (Å²) in [7, 11) is -3.30. The molecule has 2 aliphatic rings. The van der Waals surface area contributed by atoms with E-state index in [0.717, 1.165) is 17.3 Å². The fourth-order valence-electron chi connectivity index (χ4n) is 4.17. The minimum absolute atomic E-state index is 0.0793. The Balaban J connectivity index is 1.66. The van der Waals surface area contributed by atoms with Gasteiger partial charge in [0.15, 0.2) is 15.0 Å². The molecule has 0 aliphatic carbocycles. The molecule has 8 nitrogen and oxygen atoms in total. The third-order valence-electron chi connectivity index (χ3n) is 5.66. The lowest BCUT2D eigenvalue weighted by atomic mass is 10.1. The Bertz CT molecular complexity index is 1280. The molecule has 2 fully saturated rings. The van der Waals surface area contributed by atoms with Gasteiger partial charge in [-0.05, 0) is 38.5 Å². The van der Waals surface area contributed by atoms with Crippen molar-refractivity contribution in [3.05, 3.63) is 66.0 Å². The molecule has 4 rings (SSSR count). The topological polar surface area (TPSA) is 105 Å². The summed E-state index contributed by atoms with van der Waals surface area (Å²) >= 11 is 1.14. The van der Waals surface area contributed by atoms with Gasteiger partial charge in [0.05, 0.1) is 23.2 Å². The molecule has 11 heteroatoms. The fraction of sp³-hybridized carbons (Fsp3) is 0.400. The van der Waals surface area contributed by atoms with Gasteiger partial charge in [0.2, 0.25) is 0 Å². The zero-order chi connectivity index (χ0) is 26.1. The number of para-hydroxylation sites is 1. The number of sulfone groups is 1. The average molecular weight is 534 g/mol. The van der Waals surface area contributed by atoms with Crippen LogP contribution in [0.2, 0.25) is 0 Å². The first-order chi connectivity index (χ1) is 16.9. The Morgan fingerprint density at radius 3 is 2.47 bits per heavy atom. The van der Waals surface area contributed by atoms with Crippen molar-refractivity contribution in [2.75, 3.05) is 16.4 Å². The van der Waals surface area contributed by atoms with E-state index in [-0.39, 0.29) is 34.0 Å². The van der Waals surface area contributed by atoms with Crippen molar-refractivity contribution < 1.29 is 27.1 Å². The molecule has 3 atom stereocenters. The SMILES string of the molecule is CC(C)(C)OC(=O)N[C@@H](Cc1ccccc1)C(=O)N=C1S[C@H]2CS(=O)(=O)C[C@@H]2N1c1ccccc1F. The number of ether oxygens (including phenoxy) is 1. The molecule has 1 N–H and O–H groups in total. The molecule has 2 saturated heterocycles. The number of carbonyl (C=O) groups is 2. The molecule has 2 aliphatic heterocycles. The third kappa shape index (κ3) is 6.25. The van der Waals surface area contributed by atoms with Gasteiger partial charge in [0, 0.05) is 11.7 Å². The molecule has 192 valence electrons. The summed E-state index contributed by atoms with van der Waals surface area (Å²) < 4.78 is 44.7. The number of rotatable bonds is 5. The van der Waals surface area contributed by atoms with Gasteiger partial charge in [-0.2, -0.15) is 4.99 Å². The maximum atomic E-state index is 14.8. The van der Waals surface area contributed by atoms with Crippen LogP contribution in [0, 0.1) is 5.82 Å². The second-order valence-corrected chi connectivity index (χ2v) is 13.1. The number of alkyl carbamates (subject to hydrolysis) is 1. The molecule has 0 spiro atoms. The predicted molar refractivity (Wildman–Crippen MR) is 138 cm³/mol. The first kappa shape index (κ1) is 26.2. The van der Waals surface area contributed by atoms with Crippen molar-refractivity contribution in [1.82, 2.24) is 5.32 Å². The number of hydrogen-bond donors (Lipinski definition) is 1. The number of amides is 2. The van der Waals surface area contributed by atoms with Crippen molar-refractivity contribution in [2.24, 2.45) is 4.99 Å². The number of fused-ring (bicyclic) bond motifs is 1. The lowest BCUT2D eigenvalue weighted by Gasteiger charge is -2.25. The summed E-state index contributed by atoms with van der Waals surface area (Å²) in [5, 5.41) is 2.44. The molecule has 0 radical (unpaired) electrons. The van der Waals surface area contributed by atoms with Crippen LogP contribution in [-0.2, 0) is 25.8 Å². The van der Waals surface area contributed by atoms with Crippen molar-refractivity contribution >= 4 is 44.5 Å². The van der Waals surface area contributed by atoms with Crippen LogP contribution in [0.3, 0.4) is 0 Å². The first-order valence-electron chi connectivity index (χ1n) is 11.5. The highest BCUT2D eigenvalue weighted by molar-refractivity contribution is 8.16. The summed E-state index contributed by atoms with van der Waals surface area (Å²) in [6, 6.07) is 13.5. The minimum atomic E-state index is -3.30. The second-order valence-electron chi connectivity index (χ2n) is 9.74. The van der Waals surface area contributed by atoms with Crippen LogP contribution >= 0.6 is 11.8 Å². The van der Waals surface area contributed by atoms with E-state index < -0.39 is 45.3 Å². The summed E-state index contributed by atoms with van der Waals surface area (Å²) in [6.45, 7) is 5.15. The normalized spacial score (nSPS) is 22.8. The number of nitrogens with one attached hydrogen (secondary N) is 1. The predicted octanol–water partition coefficient (Wildman–Crippen LogP) is 3.56. The molecule has 36 heavy (non-hydrogen) atoms. The lowest BCUT2D eigenvalue weighted by molar-refractivity contribution is -0.119. The highest BCUT2D eigenvalue weighted by Gasteiger charge is 2.50. The van der Waals surface area contributed by atoms with Crippen LogP contribution < -0.4 is 10.2 Å². The molecule has 2 aromatic carbocycles. The van der Waals surface area contributed by atoms with Gasteiger partial charge in [0.25, 0.3) is 5.91 Å². The van der Waals surface area contributed by atoms with Crippen molar-refractivity contribution in [3.8, 4) is 0 Å². The quantitative estimate of drug-likeness (QED) is 0.627. The number of benzene rings is 2. The van der Waals surface area contributed by atoms with Gasteiger partial charge in [0.1, 0.15) is 17.5 Å². The Morgan fingerprint density at radius 2 is 1.81 bits per heavy atom. The van der Waals surface area contributed by atoms with E-state index in [1.54, 1.807) is 26.8 Å². The van der Waals surface area contributed by atoms with Crippen molar-refractivity contribution in [2.45, 2.75) is 50.1 Å². The minimum Gasteiger partial charge on any atom is -0.444 e. The fourth-order valence-corrected chi connectivity index (χ4v) is 8.08. The molecule has 0 bridgehead atoms. The maximum absolute atomic E-state index is 14.8. The standard InChI is InChI=1S/C25H28FN3O5S2/c1-25(2,3)34-24(31)27-18(13-16-9-5-4-6-10-16)22(30)28-23-29(19-12-8-7-11-17(19)26)20-14-36(32,33)15-21(20)35-23/h4-12,18,20-21H,13-15H2,1-3H3,(H,27,31)/t18-,20-,21-/m0/s1. The molecule has 0 saturated carbocycles. The lowest BCUT2D eigenvalue weighted by Crippen LogP contribution is -2.45. The Labute approximate surface area is 214 Å². The molecule has 0 aromatic heterocycles. The largest absolute Gasteiger partial charge is 0.444 e. The van der Waals surface area contributed by atoms with Crippen LogP contribution in [0.15, 0.2) is 59.6 Å². The van der Waals surface area contributed by atoms with E-state index in [1.807, 2.05) is 30.3 Å². The monoisotopic (exact) mass is 533 g/mol. The molecule has 2 aromatic rings. The van der Waals surface area contributed by atoms with Crippen LogP contribution in [0.5, 0.6) is 0 Å². The zero-order valence-corrected chi connectivity index (χ0v) is 21.8. The number of anilines is 1. The highest BCUT2D eigenvalue weighted by Crippen LogP contribution is 2.41. The Morgan fingerprint density at radius 1 is 1.14 bits per heavy atom. The molecular weight excluding hydrogens is 505 g/mol. The third-order valence-corrected chi connectivity index (χ3v) is 8.87. The Kier molecular flexibility index (Phi) is 7.42. The number of aliphatic imine (C=N–C) groups is 1. The second kappa shape index (κ2) is 10.2. The highest BCUT2D eigenvalue weighted by atomic mass is 32.2. The van der Waals surface area contributed by atoms with Crippen LogP contribution in [0.25, 0.3) is 0 Å². The summed E-state index contributed by atoms with van der Waals surface area (Å²) in [5.41, 5.74) is 0.198. The van der Waals surface area contributed by atoms with Crippen LogP contribution in [0.1, 0.15) is 26.3 Å². The van der Waals surface area contributed by atoms with E-state index in [1.165, 1.54) is 23.1 Å². The number of thioether (sulfide) groups is 1. The zero-order valence-electron chi connectivity index (χ0n) is 20.2. The molecular formula is C25H28FN3O5S2. The number of nitrogens with zero attached hydrogens (tertiary/aromatic N) is 2. The van der Waals surface area contributed by atoms with Gasteiger partial charge in [-0.3, -0.25) is 4.79 Å². The smallest absolute Gasteiger partial charge is 0.408 e. The number of carbonyl (C=O) groups excluding carboxylic acids is 2. The van der Waals surface area contributed by atoms with E-state index in [0.29, 0.717) is 0 Å². The van der Waals surface area contributed by atoms with Crippen molar-refractivity contribution in [3.63, 3.8) is 0 Å².